The summed E-state index contributed by atoms with van der Waals surface area (Å²) >= 11 is 0. The van der Waals surface area contributed by atoms with Gasteiger partial charge in [0.05, 0.1) is 6.54 Å². The van der Waals surface area contributed by atoms with E-state index in [1.807, 2.05) is 0 Å². The monoisotopic (exact) mass is 286 g/mol. The molecule has 112 valence electrons. The van der Waals surface area contributed by atoms with E-state index in [1.165, 1.54) is 0 Å². The summed E-state index contributed by atoms with van der Waals surface area (Å²) in [7, 11) is 0. The van der Waals surface area contributed by atoms with Crippen molar-refractivity contribution in [1.82, 2.24) is 21.3 Å². The lowest BCUT2D eigenvalue weighted by atomic mass is 10.4. The van der Waals surface area contributed by atoms with Crippen molar-refractivity contribution in [3.63, 3.8) is 0 Å². The molecule has 9 heteroatoms. The van der Waals surface area contributed by atoms with Crippen LogP contribution >= 0.6 is 0 Å². The predicted molar refractivity (Wildman–Crippen MR) is 67.8 cm³/mol. The van der Waals surface area contributed by atoms with E-state index in [9.17, 15) is 19.2 Å². The third kappa shape index (κ3) is 7.90. The number of carboxylic acid groups (broad SMARTS) is 1. The molecule has 0 bridgehead atoms. The standard InChI is InChI=1S/C11H18N4O5/c16-8(15-7-1-2-7)3-4-12-11(20)14-5-9(17)13-6-10(18)19/h7H,1-6H2,(H,13,17)(H,15,16)(H,18,19)(H2,12,14,20). The van der Waals surface area contributed by atoms with Crippen molar-refractivity contribution < 1.29 is 24.3 Å². The van der Waals surface area contributed by atoms with Gasteiger partial charge >= 0.3 is 12.0 Å². The van der Waals surface area contributed by atoms with Crippen LogP contribution in [0.4, 0.5) is 4.79 Å². The molecular weight excluding hydrogens is 268 g/mol. The Hall–Kier alpha value is -2.32. The first-order valence-electron chi connectivity index (χ1n) is 6.27. The second kappa shape index (κ2) is 7.97. The first-order valence-corrected chi connectivity index (χ1v) is 6.27. The molecule has 0 aromatic carbocycles. The van der Waals surface area contributed by atoms with E-state index in [2.05, 4.69) is 21.3 Å². The largest absolute Gasteiger partial charge is 0.480 e. The Bertz CT molecular complexity index is 394. The molecule has 0 heterocycles. The smallest absolute Gasteiger partial charge is 0.322 e. The molecule has 0 spiro atoms. The van der Waals surface area contributed by atoms with Crippen LogP contribution in [0, 0.1) is 0 Å². The fraction of sp³-hybridized carbons (Fsp3) is 0.636. The molecule has 0 aromatic heterocycles. The third-order valence-corrected chi connectivity index (χ3v) is 2.43. The quantitative estimate of drug-likeness (QED) is 0.357. The molecular formula is C11H18N4O5. The molecule has 4 amide bonds. The maximum absolute atomic E-state index is 11.3. The summed E-state index contributed by atoms with van der Waals surface area (Å²) < 4.78 is 0. The summed E-state index contributed by atoms with van der Waals surface area (Å²) in [5.74, 6) is -1.88. The van der Waals surface area contributed by atoms with Gasteiger partial charge in [-0.1, -0.05) is 0 Å². The molecule has 1 saturated carbocycles. The molecule has 0 unspecified atom stereocenters. The minimum Gasteiger partial charge on any atom is -0.480 e. The minimum atomic E-state index is -1.16. The van der Waals surface area contributed by atoms with Crippen LogP contribution in [0.2, 0.25) is 0 Å². The molecule has 9 nitrogen and oxygen atoms in total. The average molecular weight is 286 g/mol. The number of hydrogen-bond acceptors (Lipinski definition) is 4. The SMILES string of the molecule is O=C(O)CNC(=O)CNC(=O)NCCC(=O)NC1CC1. The minimum absolute atomic E-state index is 0.119. The third-order valence-electron chi connectivity index (χ3n) is 2.43. The molecule has 1 rings (SSSR count). The lowest BCUT2D eigenvalue weighted by molar-refractivity contribution is -0.137. The number of carbonyl (C=O) groups is 4. The van der Waals surface area contributed by atoms with E-state index in [4.69, 9.17) is 5.11 Å². The van der Waals surface area contributed by atoms with Crippen molar-refractivity contribution in [2.75, 3.05) is 19.6 Å². The van der Waals surface area contributed by atoms with Gasteiger partial charge in [-0.05, 0) is 12.8 Å². The van der Waals surface area contributed by atoms with Crippen LogP contribution < -0.4 is 21.3 Å². The molecule has 0 aromatic rings. The molecule has 5 N–H and O–H groups in total. The van der Waals surface area contributed by atoms with E-state index >= 15 is 0 Å². The van der Waals surface area contributed by atoms with E-state index < -0.39 is 24.5 Å². The number of carboxylic acids is 1. The highest BCUT2D eigenvalue weighted by molar-refractivity contribution is 5.86. The van der Waals surface area contributed by atoms with Crippen molar-refractivity contribution in [3.05, 3.63) is 0 Å². The van der Waals surface area contributed by atoms with Crippen LogP contribution in [0.5, 0.6) is 0 Å². The van der Waals surface area contributed by atoms with Crippen molar-refractivity contribution in [2.45, 2.75) is 25.3 Å². The van der Waals surface area contributed by atoms with Crippen LogP contribution in [0.15, 0.2) is 0 Å². The van der Waals surface area contributed by atoms with Crippen LogP contribution in [0.1, 0.15) is 19.3 Å². The molecule has 0 aliphatic heterocycles. The van der Waals surface area contributed by atoms with Crippen molar-refractivity contribution in [1.29, 1.82) is 0 Å². The highest BCUT2D eigenvalue weighted by Crippen LogP contribution is 2.18. The molecule has 1 aliphatic carbocycles. The van der Waals surface area contributed by atoms with Gasteiger partial charge < -0.3 is 26.4 Å². The summed E-state index contributed by atoms with van der Waals surface area (Å²) in [4.78, 5) is 43.8. The maximum Gasteiger partial charge on any atom is 0.322 e. The van der Waals surface area contributed by atoms with Gasteiger partial charge in [0.2, 0.25) is 11.8 Å². The molecule has 0 atom stereocenters. The first-order chi connectivity index (χ1) is 9.47. The van der Waals surface area contributed by atoms with Crippen LogP contribution in [-0.2, 0) is 14.4 Å². The number of amides is 4. The molecule has 1 fully saturated rings. The zero-order chi connectivity index (χ0) is 15.0. The van der Waals surface area contributed by atoms with Crippen molar-refractivity contribution in [3.8, 4) is 0 Å². The molecule has 20 heavy (non-hydrogen) atoms. The lowest BCUT2D eigenvalue weighted by Gasteiger charge is -2.07. The maximum atomic E-state index is 11.3. The Morgan fingerprint density at radius 3 is 2.25 bits per heavy atom. The number of nitrogens with one attached hydrogen (secondary N) is 4. The van der Waals surface area contributed by atoms with Gasteiger partial charge in [-0.15, -0.1) is 0 Å². The van der Waals surface area contributed by atoms with Crippen LogP contribution in [0.25, 0.3) is 0 Å². The number of urea groups is 1. The Morgan fingerprint density at radius 1 is 0.950 bits per heavy atom. The Morgan fingerprint density at radius 2 is 1.65 bits per heavy atom. The van der Waals surface area contributed by atoms with E-state index in [0.717, 1.165) is 12.8 Å². The van der Waals surface area contributed by atoms with Gasteiger partial charge in [-0.25, -0.2) is 4.79 Å². The van der Waals surface area contributed by atoms with Gasteiger partial charge in [0.25, 0.3) is 0 Å². The Labute approximate surface area is 115 Å². The van der Waals surface area contributed by atoms with Gasteiger partial charge in [-0.3, -0.25) is 14.4 Å². The zero-order valence-corrected chi connectivity index (χ0v) is 10.9. The van der Waals surface area contributed by atoms with E-state index in [-0.39, 0.29) is 31.5 Å². The summed E-state index contributed by atoms with van der Waals surface area (Å²) in [6, 6.07) is -0.302. The average Bonchev–Trinajstić information content (AvgIpc) is 3.17. The van der Waals surface area contributed by atoms with E-state index in [1.54, 1.807) is 0 Å². The summed E-state index contributed by atoms with van der Waals surface area (Å²) in [6.45, 7) is -0.655. The highest BCUT2D eigenvalue weighted by atomic mass is 16.4. The van der Waals surface area contributed by atoms with Crippen LogP contribution in [0.3, 0.4) is 0 Å². The number of carbonyl (C=O) groups excluding carboxylic acids is 3. The van der Waals surface area contributed by atoms with Gasteiger partial charge in [0.1, 0.15) is 6.54 Å². The van der Waals surface area contributed by atoms with Gasteiger partial charge in [0, 0.05) is 19.0 Å². The Balaban J connectivity index is 2.00. The highest BCUT2D eigenvalue weighted by Gasteiger charge is 2.22. The number of rotatable bonds is 8. The van der Waals surface area contributed by atoms with Crippen molar-refractivity contribution in [2.24, 2.45) is 0 Å². The lowest BCUT2D eigenvalue weighted by Crippen LogP contribution is -2.43. The summed E-state index contributed by atoms with van der Waals surface area (Å²) in [6.07, 6.45) is 2.19. The van der Waals surface area contributed by atoms with Gasteiger partial charge in [-0.2, -0.15) is 0 Å². The Kier molecular flexibility index (Phi) is 6.27. The van der Waals surface area contributed by atoms with Gasteiger partial charge in [0.15, 0.2) is 0 Å². The summed E-state index contributed by atoms with van der Waals surface area (Å²) in [5, 5.41) is 17.9. The number of aliphatic carboxylic acids is 1. The number of hydrogen-bond donors (Lipinski definition) is 5. The first kappa shape index (κ1) is 15.7. The topological polar surface area (TPSA) is 137 Å². The normalized spacial score (nSPS) is 13.2. The fourth-order valence-electron chi connectivity index (χ4n) is 1.28. The second-order valence-electron chi connectivity index (χ2n) is 4.37. The van der Waals surface area contributed by atoms with Crippen molar-refractivity contribution >= 4 is 23.8 Å². The van der Waals surface area contributed by atoms with Crippen LogP contribution in [-0.4, -0.2) is 54.6 Å². The zero-order valence-electron chi connectivity index (χ0n) is 10.9. The van der Waals surface area contributed by atoms with E-state index in [0.29, 0.717) is 0 Å². The summed E-state index contributed by atoms with van der Waals surface area (Å²) in [5.41, 5.74) is 0. The second-order valence-corrected chi connectivity index (χ2v) is 4.37. The molecule has 1 aliphatic rings. The molecule has 0 saturated heterocycles. The molecule has 0 radical (unpaired) electrons. The predicted octanol–water partition coefficient (Wildman–Crippen LogP) is -1.84. The fourth-order valence-corrected chi connectivity index (χ4v) is 1.28.